The van der Waals surface area contributed by atoms with Crippen molar-refractivity contribution in [3.05, 3.63) is 237 Å². The van der Waals surface area contributed by atoms with Crippen LogP contribution in [0, 0.1) is 0 Å². The number of para-hydroxylation sites is 2. The number of nitrogens with zero attached hydrogens (tertiary/aromatic N) is 3. The van der Waals surface area contributed by atoms with Crippen molar-refractivity contribution in [2.75, 3.05) is 0 Å². The molecule has 0 spiro atoms. The van der Waals surface area contributed by atoms with Gasteiger partial charge >= 0.3 is 0 Å². The fourth-order valence-electron chi connectivity index (χ4n) is 9.35. The summed E-state index contributed by atoms with van der Waals surface area (Å²) in [4.78, 5) is 5.14. The standard InChI is InChI=1S/C59H39N3/c1-4-16-40(17-5-1)43-22-14-25-49(34-43)62-56-28-12-10-26-50(56)52-32-30-46(39-59(52)62)45-31-33-58-53(36-45)51-27-11-13-29-57(51)61(58)48-24-15-23-44(35-48)47-37-54(41-18-6-2-7-19-41)60-55(38-47)42-20-8-3-9-21-42/h1-39H. The number of pyridine rings is 1. The van der Waals surface area contributed by atoms with E-state index in [9.17, 15) is 0 Å². The van der Waals surface area contributed by atoms with E-state index in [-0.39, 0.29) is 0 Å². The van der Waals surface area contributed by atoms with Crippen LogP contribution >= 0.6 is 0 Å². The number of aromatic nitrogens is 3. The minimum Gasteiger partial charge on any atom is -0.309 e. The smallest absolute Gasteiger partial charge is 0.0715 e. The normalized spacial score (nSPS) is 11.5. The molecule has 290 valence electrons. The van der Waals surface area contributed by atoms with Gasteiger partial charge in [-0.15, -0.1) is 0 Å². The Bertz CT molecular complexity index is 3560. The van der Waals surface area contributed by atoms with Gasteiger partial charge in [0, 0.05) is 44.0 Å². The molecule has 0 N–H and O–H groups in total. The highest BCUT2D eigenvalue weighted by molar-refractivity contribution is 6.12. The number of fused-ring (bicyclic) bond motifs is 6. The highest BCUT2D eigenvalue weighted by Crippen LogP contribution is 2.40. The maximum atomic E-state index is 5.14. The van der Waals surface area contributed by atoms with E-state index in [0.29, 0.717) is 0 Å². The van der Waals surface area contributed by atoms with Gasteiger partial charge in [-0.2, -0.15) is 0 Å². The van der Waals surface area contributed by atoms with Crippen LogP contribution in [0.25, 0.3) is 111 Å². The summed E-state index contributed by atoms with van der Waals surface area (Å²) in [6.07, 6.45) is 0. The van der Waals surface area contributed by atoms with E-state index in [1.165, 1.54) is 65.9 Å². The van der Waals surface area contributed by atoms with Gasteiger partial charge in [0.25, 0.3) is 0 Å². The quantitative estimate of drug-likeness (QED) is 0.158. The predicted molar refractivity (Wildman–Crippen MR) is 260 cm³/mol. The summed E-state index contributed by atoms with van der Waals surface area (Å²) >= 11 is 0. The molecule has 12 aromatic rings. The summed E-state index contributed by atoms with van der Waals surface area (Å²) in [5, 5.41) is 4.94. The van der Waals surface area contributed by atoms with Gasteiger partial charge in [-0.3, -0.25) is 0 Å². The van der Waals surface area contributed by atoms with Crippen LogP contribution in [0.4, 0.5) is 0 Å². The van der Waals surface area contributed by atoms with E-state index in [2.05, 4.69) is 246 Å². The van der Waals surface area contributed by atoms with Crippen LogP contribution in [0.1, 0.15) is 0 Å². The van der Waals surface area contributed by atoms with E-state index in [4.69, 9.17) is 4.98 Å². The molecule has 12 rings (SSSR count). The van der Waals surface area contributed by atoms with E-state index >= 15 is 0 Å². The zero-order valence-electron chi connectivity index (χ0n) is 33.9. The molecule has 0 unspecified atom stereocenters. The van der Waals surface area contributed by atoms with Gasteiger partial charge in [-0.1, -0.05) is 170 Å². The van der Waals surface area contributed by atoms with Gasteiger partial charge in [-0.25, -0.2) is 4.98 Å². The summed E-state index contributed by atoms with van der Waals surface area (Å²) in [7, 11) is 0. The van der Waals surface area contributed by atoms with Crippen LogP contribution in [0.5, 0.6) is 0 Å². The SMILES string of the molecule is c1ccc(-c2cccc(-n3c4ccccc4c4ccc(-c5ccc6c(c5)c5ccccc5n6-c5cccc(-c6cc(-c7ccccc7)nc(-c7ccccc7)c6)c5)cc43)c2)cc1. The lowest BCUT2D eigenvalue weighted by molar-refractivity contribution is 1.18. The van der Waals surface area contributed by atoms with Crippen LogP contribution in [0.3, 0.4) is 0 Å². The van der Waals surface area contributed by atoms with Crippen LogP contribution in [0.15, 0.2) is 237 Å². The van der Waals surface area contributed by atoms with Crippen molar-refractivity contribution >= 4 is 43.6 Å². The van der Waals surface area contributed by atoms with Gasteiger partial charge < -0.3 is 9.13 Å². The molecule has 62 heavy (non-hydrogen) atoms. The number of benzene rings is 9. The number of hydrogen-bond acceptors (Lipinski definition) is 1. The molecular weight excluding hydrogens is 751 g/mol. The minimum absolute atomic E-state index is 0.955. The summed E-state index contributed by atoms with van der Waals surface area (Å²) in [6, 6.07) is 85.3. The van der Waals surface area contributed by atoms with Gasteiger partial charge in [-0.05, 0) is 100 Å². The zero-order chi connectivity index (χ0) is 41.0. The second kappa shape index (κ2) is 14.8. The molecule has 0 fully saturated rings. The Morgan fingerprint density at radius 2 is 0.645 bits per heavy atom. The highest BCUT2D eigenvalue weighted by Gasteiger charge is 2.17. The maximum Gasteiger partial charge on any atom is 0.0715 e. The molecule has 0 aliphatic rings. The average Bonchev–Trinajstić information content (AvgIpc) is 3.87. The Hall–Kier alpha value is -8.27. The second-order valence-corrected chi connectivity index (χ2v) is 16.0. The lowest BCUT2D eigenvalue weighted by Crippen LogP contribution is -1.95. The van der Waals surface area contributed by atoms with Crippen molar-refractivity contribution in [2.24, 2.45) is 0 Å². The molecule has 0 bridgehead atoms. The fraction of sp³-hybridized carbons (Fsp3) is 0. The summed E-state index contributed by atoms with van der Waals surface area (Å²) < 4.78 is 4.84. The molecule has 0 atom stereocenters. The third-order valence-corrected chi connectivity index (χ3v) is 12.3. The summed E-state index contributed by atoms with van der Waals surface area (Å²) in [6.45, 7) is 0. The lowest BCUT2D eigenvalue weighted by Gasteiger charge is -2.13. The fourth-order valence-corrected chi connectivity index (χ4v) is 9.35. The van der Waals surface area contributed by atoms with E-state index < -0.39 is 0 Å². The molecule has 0 saturated carbocycles. The zero-order valence-corrected chi connectivity index (χ0v) is 33.9. The number of rotatable bonds is 7. The van der Waals surface area contributed by atoms with Crippen LogP contribution in [-0.2, 0) is 0 Å². The Labute approximate surface area is 360 Å². The van der Waals surface area contributed by atoms with Gasteiger partial charge in [0.1, 0.15) is 0 Å². The lowest BCUT2D eigenvalue weighted by atomic mass is 9.99. The van der Waals surface area contributed by atoms with Gasteiger partial charge in [0.05, 0.1) is 33.5 Å². The van der Waals surface area contributed by atoms with Crippen molar-refractivity contribution in [2.45, 2.75) is 0 Å². The molecule has 0 aliphatic carbocycles. The first-order valence-corrected chi connectivity index (χ1v) is 21.2. The van der Waals surface area contributed by atoms with Gasteiger partial charge in [0.15, 0.2) is 0 Å². The summed E-state index contributed by atoms with van der Waals surface area (Å²) in [5.41, 5.74) is 18.1. The third-order valence-electron chi connectivity index (χ3n) is 12.3. The van der Waals surface area contributed by atoms with Crippen molar-refractivity contribution in [1.82, 2.24) is 14.1 Å². The summed E-state index contributed by atoms with van der Waals surface area (Å²) in [5.74, 6) is 0. The van der Waals surface area contributed by atoms with Crippen molar-refractivity contribution in [1.29, 1.82) is 0 Å². The molecule has 0 saturated heterocycles. The van der Waals surface area contributed by atoms with Crippen molar-refractivity contribution in [3.8, 4) is 67.3 Å². The molecular formula is C59H39N3. The second-order valence-electron chi connectivity index (χ2n) is 16.0. The first-order chi connectivity index (χ1) is 30.7. The minimum atomic E-state index is 0.955. The first-order valence-electron chi connectivity index (χ1n) is 21.2. The Morgan fingerprint density at radius 3 is 1.26 bits per heavy atom. The first kappa shape index (κ1) is 35.7. The Morgan fingerprint density at radius 1 is 0.226 bits per heavy atom. The topological polar surface area (TPSA) is 22.8 Å². The van der Waals surface area contributed by atoms with Crippen LogP contribution < -0.4 is 0 Å². The average molecular weight is 790 g/mol. The maximum absolute atomic E-state index is 5.14. The molecule has 3 nitrogen and oxygen atoms in total. The van der Waals surface area contributed by atoms with Gasteiger partial charge in [0.2, 0.25) is 0 Å². The molecule has 0 radical (unpaired) electrons. The van der Waals surface area contributed by atoms with E-state index in [1.54, 1.807) is 0 Å². The van der Waals surface area contributed by atoms with Crippen molar-refractivity contribution in [3.63, 3.8) is 0 Å². The van der Waals surface area contributed by atoms with Crippen LogP contribution in [0.2, 0.25) is 0 Å². The highest BCUT2D eigenvalue weighted by atomic mass is 15.0. The van der Waals surface area contributed by atoms with Crippen molar-refractivity contribution < 1.29 is 0 Å². The Kier molecular flexibility index (Phi) is 8.50. The molecule has 9 aromatic carbocycles. The third kappa shape index (κ3) is 6.10. The molecule has 0 aliphatic heterocycles. The predicted octanol–water partition coefficient (Wildman–Crippen LogP) is 15.6. The van der Waals surface area contributed by atoms with Crippen LogP contribution in [-0.4, -0.2) is 14.1 Å². The molecule has 3 aromatic heterocycles. The number of hydrogen-bond donors (Lipinski definition) is 0. The van der Waals surface area contributed by atoms with E-state index in [1.807, 2.05) is 0 Å². The largest absolute Gasteiger partial charge is 0.309 e. The molecule has 3 heteroatoms. The van der Waals surface area contributed by atoms with E-state index in [0.717, 1.165) is 45.0 Å². The monoisotopic (exact) mass is 789 g/mol. The molecule has 0 amide bonds. The Balaban J connectivity index is 0.987. The molecule has 3 heterocycles.